The Labute approximate surface area is 269 Å². The van der Waals surface area contributed by atoms with Gasteiger partial charge in [0.05, 0.1) is 7.11 Å². The Kier molecular flexibility index (Phi) is 9.88. The van der Waals surface area contributed by atoms with Gasteiger partial charge in [-0.1, -0.05) is 60.7 Å². The van der Waals surface area contributed by atoms with Crippen molar-refractivity contribution in [3.05, 3.63) is 108 Å². The number of hydrogen-bond donors (Lipinski definition) is 3. The van der Waals surface area contributed by atoms with E-state index in [-0.39, 0.29) is 18.2 Å². The smallest absolute Gasteiger partial charge is 0.254 e. The van der Waals surface area contributed by atoms with Gasteiger partial charge in [0.2, 0.25) is 5.91 Å². The summed E-state index contributed by atoms with van der Waals surface area (Å²) in [5.74, 6) is 0.684. The number of nitrogens with zero attached hydrogens (tertiary/aromatic N) is 4. The lowest BCUT2D eigenvalue weighted by atomic mass is 9.97. The Balaban J connectivity index is 1.51. The number of aryl methyl sites for hydroxylation is 2. The SMILES string of the molecule is COc1ccc(N(C(=O)[C@@H](CCc2ccccc2C)NC(=O)CC(C)(C)N)c2ccc(-c3ccccc3-c3nnn[nH]3)cc2)cc1. The maximum atomic E-state index is 14.6. The average molecular weight is 618 g/mol. The van der Waals surface area contributed by atoms with Crippen molar-refractivity contribution in [2.45, 2.75) is 51.6 Å². The zero-order valence-corrected chi connectivity index (χ0v) is 26.5. The lowest BCUT2D eigenvalue weighted by Gasteiger charge is -2.29. The van der Waals surface area contributed by atoms with Gasteiger partial charge in [-0.15, -0.1) is 5.10 Å². The average Bonchev–Trinajstić information content (AvgIpc) is 3.59. The van der Waals surface area contributed by atoms with Crippen LogP contribution in [0.15, 0.2) is 97.1 Å². The second-order valence-electron chi connectivity index (χ2n) is 12.0. The van der Waals surface area contributed by atoms with Gasteiger partial charge in [-0.2, -0.15) is 0 Å². The molecule has 46 heavy (non-hydrogen) atoms. The Hall–Kier alpha value is -5.35. The van der Waals surface area contributed by atoms with Crippen LogP contribution in [0, 0.1) is 6.92 Å². The number of nitrogens with two attached hydrogens (primary N) is 1. The lowest BCUT2D eigenvalue weighted by Crippen LogP contribution is -2.49. The molecule has 0 aliphatic rings. The standard InChI is InChI=1S/C36H39N7O3/c1-24-9-5-6-10-25(24)15-22-32(38-33(44)23-36(2,3)37)35(45)43(28-18-20-29(46-4)21-19-28)27-16-13-26(14-17-27)30-11-7-8-12-31(30)34-39-41-42-40-34/h5-14,16-21,32H,15,22-23,37H2,1-4H3,(H,38,44)(H,39,40,41,42)/t32-/m1/s1. The molecule has 0 spiro atoms. The number of aromatic amines is 1. The number of carbonyl (C=O) groups excluding carboxylic acids is 2. The number of ether oxygens (including phenoxy) is 1. The maximum Gasteiger partial charge on any atom is 0.254 e. The summed E-state index contributed by atoms with van der Waals surface area (Å²) in [6.45, 7) is 5.63. The minimum absolute atomic E-state index is 0.0818. The topological polar surface area (TPSA) is 139 Å². The summed E-state index contributed by atoms with van der Waals surface area (Å²) >= 11 is 0. The monoisotopic (exact) mass is 617 g/mol. The highest BCUT2D eigenvalue weighted by Gasteiger charge is 2.30. The largest absolute Gasteiger partial charge is 0.497 e. The van der Waals surface area contributed by atoms with Crippen LogP contribution in [0.2, 0.25) is 0 Å². The van der Waals surface area contributed by atoms with Crippen LogP contribution in [0.1, 0.15) is 37.8 Å². The number of amides is 2. The predicted octanol–water partition coefficient (Wildman–Crippen LogP) is 5.76. The number of aromatic nitrogens is 4. The van der Waals surface area contributed by atoms with E-state index in [4.69, 9.17) is 10.5 Å². The first-order chi connectivity index (χ1) is 22.1. The molecule has 4 aromatic carbocycles. The predicted molar refractivity (Wildman–Crippen MR) is 180 cm³/mol. The fraction of sp³-hybridized carbons (Fsp3) is 0.250. The molecule has 0 aliphatic heterocycles. The van der Waals surface area contributed by atoms with Crippen molar-refractivity contribution < 1.29 is 14.3 Å². The van der Waals surface area contributed by atoms with E-state index in [1.165, 1.54) is 0 Å². The molecule has 0 saturated heterocycles. The summed E-state index contributed by atoms with van der Waals surface area (Å²) in [6, 6.07) is 30.1. The van der Waals surface area contributed by atoms with Crippen LogP contribution in [-0.2, 0) is 16.0 Å². The van der Waals surface area contributed by atoms with Crippen LogP contribution >= 0.6 is 0 Å². The van der Waals surface area contributed by atoms with E-state index in [9.17, 15) is 9.59 Å². The van der Waals surface area contributed by atoms with Crippen molar-refractivity contribution in [2.24, 2.45) is 5.73 Å². The zero-order valence-electron chi connectivity index (χ0n) is 26.5. The van der Waals surface area contributed by atoms with E-state index in [1.807, 2.05) is 104 Å². The molecule has 0 bridgehead atoms. The van der Waals surface area contributed by atoms with Crippen LogP contribution in [-0.4, -0.2) is 51.1 Å². The van der Waals surface area contributed by atoms with Gasteiger partial charge in [0, 0.05) is 28.9 Å². The Morgan fingerprint density at radius 1 is 0.913 bits per heavy atom. The number of benzene rings is 4. The highest BCUT2D eigenvalue weighted by Crippen LogP contribution is 2.34. The molecule has 2 amide bonds. The highest BCUT2D eigenvalue weighted by atomic mass is 16.5. The summed E-state index contributed by atoms with van der Waals surface area (Å²) in [5.41, 5.74) is 11.7. The van der Waals surface area contributed by atoms with E-state index in [2.05, 4.69) is 25.9 Å². The molecule has 5 aromatic rings. The number of H-pyrrole nitrogens is 1. The molecule has 0 radical (unpaired) electrons. The first-order valence-electron chi connectivity index (χ1n) is 15.2. The molecule has 4 N–H and O–H groups in total. The fourth-order valence-corrected chi connectivity index (χ4v) is 5.40. The van der Waals surface area contributed by atoms with Gasteiger partial charge in [-0.05, 0) is 103 Å². The third-order valence-corrected chi connectivity index (χ3v) is 7.73. The summed E-state index contributed by atoms with van der Waals surface area (Å²) in [6.07, 6.45) is 1.10. The van der Waals surface area contributed by atoms with Crippen molar-refractivity contribution in [3.63, 3.8) is 0 Å². The van der Waals surface area contributed by atoms with Crippen LogP contribution in [0.4, 0.5) is 11.4 Å². The lowest BCUT2D eigenvalue weighted by molar-refractivity contribution is -0.128. The van der Waals surface area contributed by atoms with E-state index < -0.39 is 11.6 Å². The normalized spacial score (nSPS) is 11.9. The van der Waals surface area contributed by atoms with Crippen molar-refractivity contribution in [1.29, 1.82) is 0 Å². The summed E-state index contributed by atoms with van der Waals surface area (Å²) in [5, 5.41) is 17.4. The number of anilines is 2. The molecule has 1 atom stereocenters. The van der Waals surface area contributed by atoms with Crippen LogP contribution in [0.3, 0.4) is 0 Å². The Morgan fingerprint density at radius 2 is 1.54 bits per heavy atom. The molecule has 0 unspecified atom stereocenters. The minimum atomic E-state index is -0.809. The number of tetrazole rings is 1. The third kappa shape index (κ3) is 7.83. The van der Waals surface area contributed by atoms with Crippen LogP contribution < -0.4 is 20.7 Å². The summed E-state index contributed by atoms with van der Waals surface area (Å²) in [7, 11) is 1.60. The molecule has 10 heteroatoms. The van der Waals surface area contributed by atoms with Crippen LogP contribution in [0.5, 0.6) is 5.75 Å². The van der Waals surface area contributed by atoms with Crippen molar-refractivity contribution >= 4 is 23.2 Å². The Bertz CT molecular complexity index is 1760. The van der Waals surface area contributed by atoms with Crippen molar-refractivity contribution in [3.8, 4) is 28.3 Å². The molecular weight excluding hydrogens is 578 g/mol. The van der Waals surface area contributed by atoms with Gasteiger partial charge in [0.15, 0.2) is 5.82 Å². The van der Waals surface area contributed by atoms with Gasteiger partial charge >= 0.3 is 0 Å². The fourth-order valence-electron chi connectivity index (χ4n) is 5.40. The van der Waals surface area contributed by atoms with E-state index in [0.717, 1.165) is 27.8 Å². The van der Waals surface area contributed by atoms with Gasteiger partial charge in [-0.25, -0.2) is 5.10 Å². The molecule has 1 aromatic heterocycles. The molecular formula is C36H39N7O3. The second-order valence-corrected chi connectivity index (χ2v) is 12.0. The van der Waals surface area contributed by atoms with E-state index >= 15 is 0 Å². The summed E-state index contributed by atoms with van der Waals surface area (Å²) < 4.78 is 5.38. The van der Waals surface area contributed by atoms with E-state index in [0.29, 0.717) is 35.8 Å². The third-order valence-electron chi connectivity index (χ3n) is 7.73. The summed E-state index contributed by atoms with van der Waals surface area (Å²) in [4.78, 5) is 29.4. The minimum Gasteiger partial charge on any atom is -0.497 e. The zero-order chi connectivity index (χ0) is 32.7. The molecule has 0 saturated carbocycles. The quantitative estimate of drug-likeness (QED) is 0.162. The number of nitrogens with one attached hydrogen (secondary N) is 2. The van der Waals surface area contributed by atoms with Gasteiger partial charge in [-0.3, -0.25) is 14.5 Å². The molecule has 0 fully saturated rings. The van der Waals surface area contributed by atoms with Crippen LogP contribution in [0.25, 0.3) is 22.5 Å². The molecule has 1 heterocycles. The number of rotatable bonds is 12. The number of methoxy groups -OCH3 is 1. The second kappa shape index (κ2) is 14.2. The number of hydrogen-bond acceptors (Lipinski definition) is 7. The first kappa shape index (κ1) is 32.1. The molecule has 236 valence electrons. The van der Waals surface area contributed by atoms with Gasteiger partial charge < -0.3 is 15.8 Å². The van der Waals surface area contributed by atoms with Crippen molar-refractivity contribution in [1.82, 2.24) is 25.9 Å². The molecule has 10 nitrogen and oxygen atoms in total. The number of carbonyl (C=O) groups is 2. The van der Waals surface area contributed by atoms with E-state index in [1.54, 1.807) is 25.9 Å². The molecule has 5 rings (SSSR count). The highest BCUT2D eigenvalue weighted by molar-refractivity contribution is 6.05. The maximum absolute atomic E-state index is 14.6. The first-order valence-corrected chi connectivity index (χ1v) is 15.2. The van der Waals surface area contributed by atoms with Gasteiger partial charge in [0.25, 0.3) is 5.91 Å². The molecule has 0 aliphatic carbocycles. The van der Waals surface area contributed by atoms with Gasteiger partial charge in [0.1, 0.15) is 11.8 Å². The van der Waals surface area contributed by atoms with Crippen molar-refractivity contribution in [2.75, 3.05) is 12.0 Å². The Morgan fingerprint density at radius 3 is 2.15 bits per heavy atom.